The first-order valence-corrected chi connectivity index (χ1v) is 19.4. The number of ether oxygens (including phenoxy) is 1. The number of aliphatic hydroxyl groups excluding tert-OH is 1. The van der Waals surface area contributed by atoms with Crippen LogP contribution in [0.1, 0.15) is 76.2 Å². The Labute approximate surface area is 317 Å². The lowest BCUT2D eigenvalue weighted by Gasteiger charge is -2.43. The number of halogens is 1. The van der Waals surface area contributed by atoms with Crippen LogP contribution in [-0.2, 0) is 33.9 Å². The molecule has 4 atom stereocenters. The third kappa shape index (κ3) is 13.5. The zero-order valence-electron chi connectivity index (χ0n) is 32.1. The van der Waals surface area contributed by atoms with Gasteiger partial charge in [-0.05, 0) is 56.4 Å². The number of thiazole rings is 1. The first-order chi connectivity index (χ1) is 25.1. The molecule has 0 unspecified atom stereocenters. The van der Waals surface area contributed by atoms with E-state index in [4.69, 9.17) is 4.74 Å². The van der Waals surface area contributed by atoms with Gasteiger partial charge in [0.1, 0.15) is 18.5 Å². The molecule has 3 amide bonds. The van der Waals surface area contributed by atoms with Crippen molar-refractivity contribution in [3.8, 4) is 0 Å². The van der Waals surface area contributed by atoms with Gasteiger partial charge < -0.3 is 25.8 Å². The van der Waals surface area contributed by atoms with Crippen LogP contribution in [0.3, 0.4) is 0 Å². The number of benzene rings is 2. The Morgan fingerprint density at radius 3 is 2.34 bits per heavy atom. The molecule has 1 saturated heterocycles. The molecule has 4 N–H and O–H groups in total. The van der Waals surface area contributed by atoms with Gasteiger partial charge in [-0.25, -0.2) is 14.2 Å². The van der Waals surface area contributed by atoms with Gasteiger partial charge in [0, 0.05) is 56.1 Å². The van der Waals surface area contributed by atoms with E-state index in [1.54, 1.807) is 12.1 Å². The normalized spacial score (nSPS) is 17.3. The first kappa shape index (κ1) is 41.8. The third-order valence-corrected chi connectivity index (χ3v) is 10.4. The van der Waals surface area contributed by atoms with Crippen LogP contribution in [0.4, 0.5) is 9.18 Å². The van der Waals surface area contributed by atoms with Crippen molar-refractivity contribution >= 4 is 29.2 Å². The van der Waals surface area contributed by atoms with Gasteiger partial charge in [-0.1, -0.05) is 70.2 Å². The minimum Gasteiger partial charge on any atom is -0.443 e. The number of carbonyl (C=O) groups excluding carboxylic acids is 3. The van der Waals surface area contributed by atoms with E-state index in [1.165, 1.54) is 23.5 Å². The van der Waals surface area contributed by atoms with Crippen molar-refractivity contribution in [2.45, 2.75) is 97.7 Å². The lowest BCUT2D eigenvalue weighted by Crippen LogP contribution is -2.63. The molecule has 0 saturated carbocycles. The quantitative estimate of drug-likeness (QED) is 0.159. The molecule has 1 aliphatic rings. The second-order valence-corrected chi connectivity index (χ2v) is 16.5. The molecule has 2 aromatic carbocycles. The molecule has 0 radical (unpaired) electrons. The first-order valence-electron chi connectivity index (χ1n) is 18.5. The highest BCUT2D eigenvalue weighted by Gasteiger charge is 2.37. The summed E-state index contributed by atoms with van der Waals surface area (Å²) in [5.41, 5.74) is 2.10. The molecule has 0 bridgehead atoms. The molecule has 1 aromatic heterocycles. The van der Waals surface area contributed by atoms with Crippen LogP contribution in [0.25, 0.3) is 0 Å². The van der Waals surface area contributed by atoms with Crippen molar-refractivity contribution in [3.63, 3.8) is 0 Å². The summed E-state index contributed by atoms with van der Waals surface area (Å²) in [6, 6.07) is 14.8. The van der Waals surface area contributed by atoms with Crippen LogP contribution in [0.2, 0.25) is 0 Å². The van der Waals surface area contributed by atoms with Crippen molar-refractivity contribution in [1.29, 1.82) is 0 Å². The topological polar surface area (TPSA) is 136 Å². The molecular formula is C40H57FN6O5S. The van der Waals surface area contributed by atoms with E-state index >= 15 is 0 Å². The number of alkyl carbamates (subject to hydrolysis) is 1. The van der Waals surface area contributed by atoms with Gasteiger partial charge in [0.15, 0.2) is 0 Å². The van der Waals surface area contributed by atoms with E-state index in [1.807, 2.05) is 75.2 Å². The van der Waals surface area contributed by atoms with E-state index in [2.05, 4.69) is 39.7 Å². The number of piperazine rings is 1. The van der Waals surface area contributed by atoms with Gasteiger partial charge in [0.25, 0.3) is 0 Å². The highest BCUT2D eigenvalue weighted by molar-refractivity contribution is 7.09. The van der Waals surface area contributed by atoms with Gasteiger partial charge in [-0.2, -0.15) is 0 Å². The molecular weight excluding hydrogens is 696 g/mol. The molecule has 0 spiro atoms. The molecule has 0 aliphatic carbocycles. The van der Waals surface area contributed by atoms with Crippen LogP contribution in [-0.4, -0.2) is 94.2 Å². The molecule has 11 nitrogen and oxygen atoms in total. The zero-order valence-corrected chi connectivity index (χ0v) is 32.9. The van der Waals surface area contributed by atoms with E-state index in [-0.39, 0.29) is 49.2 Å². The largest absolute Gasteiger partial charge is 0.443 e. The average Bonchev–Trinajstić information content (AvgIpc) is 3.58. The number of carbonyl (C=O) groups is 3. The Balaban J connectivity index is 1.44. The second-order valence-electron chi connectivity index (χ2n) is 15.6. The standard InChI is InChI=1S/C40H57FN6O5S/c1-26(2)32(20-42-39(51)52-24-31-25-53-38(43-31)27(3)4)36(49)44-33(19-28-11-9-8-10-12-28)35(48)23-47-18-17-46(21-29-13-15-30(41)16-14-29)22-34(47)37(50)45-40(5,6)7/h8-16,25-27,32-35,48H,17-24H2,1-7H3,(H,42,51)(H,44,49)(H,45,50)/t32-,33+,34+,35-/m0/s1. The summed E-state index contributed by atoms with van der Waals surface area (Å²) in [4.78, 5) is 48.9. The van der Waals surface area contributed by atoms with Crippen LogP contribution < -0.4 is 16.0 Å². The molecule has 1 aliphatic heterocycles. The number of amides is 3. The maximum atomic E-state index is 13.9. The molecule has 2 heterocycles. The van der Waals surface area contributed by atoms with Crippen LogP contribution in [0.15, 0.2) is 60.0 Å². The summed E-state index contributed by atoms with van der Waals surface area (Å²) >= 11 is 1.53. The Kier molecular flexibility index (Phi) is 15.3. The number of aliphatic hydroxyl groups is 1. The van der Waals surface area contributed by atoms with Crippen LogP contribution >= 0.6 is 11.3 Å². The number of nitrogens with zero attached hydrogens (tertiary/aromatic N) is 3. The Morgan fingerprint density at radius 1 is 1.02 bits per heavy atom. The highest BCUT2D eigenvalue weighted by Crippen LogP contribution is 2.21. The van der Waals surface area contributed by atoms with E-state index in [0.717, 1.165) is 16.1 Å². The fourth-order valence-electron chi connectivity index (χ4n) is 6.27. The smallest absolute Gasteiger partial charge is 0.407 e. The van der Waals surface area contributed by atoms with Crippen molar-refractivity contribution in [1.82, 2.24) is 30.7 Å². The van der Waals surface area contributed by atoms with Gasteiger partial charge in [-0.15, -0.1) is 11.3 Å². The predicted octanol–water partition coefficient (Wildman–Crippen LogP) is 5.09. The fraction of sp³-hybridized carbons (Fsp3) is 0.550. The van der Waals surface area contributed by atoms with Crippen molar-refractivity contribution < 1.29 is 28.6 Å². The Hall–Kier alpha value is -3.91. The lowest BCUT2D eigenvalue weighted by atomic mass is 9.93. The summed E-state index contributed by atoms with van der Waals surface area (Å²) in [7, 11) is 0. The number of hydrogen-bond donors (Lipinski definition) is 4. The molecule has 1 fully saturated rings. The summed E-state index contributed by atoms with van der Waals surface area (Å²) in [6.07, 6.45) is -1.29. The molecule has 290 valence electrons. The second kappa shape index (κ2) is 19.4. The number of nitrogens with one attached hydrogen (secondary N) is 3. The average molecular weight is 753 g/mol. The van der Waals surface area contributed by atoms with Crippen LogP contribution in [0.5, 0.6) is 0 Å². The third-order valence-electron chi connectivity index (χ3n) is 9.23. The van der Waals surface area contributed by atoms with Gasteiger partial charge >= 0.3 is 6.09 Å². The molecule has 4 rings (SSSR count). The van der Waals surface area contributed by atoms with E-state index in [0.29, 0.717) is 38.3 Å². The van der Waals surface area contributed by atoms with Crippen molar-refractivity contribution in [3.05, 3.63) is 87.6 Å². The Bertz CT molecular complexity index is 1610. The molecule has 13 heteroatoms. The summed E-state index contributed by atoms with van der Waals surface area (Å²) in [5, 5.41) is 23.6. The number of β-amino-alcohol motifs (C(OH)–C–C–N with tert-alkyl or cyclic N) is 1. The van der Waals surface area contributed by atoms with Crippen molar-refractivity contribution in [2.75, 3.05) is 32.7 Å². The summed E-state index contributed by atoms with van der Waals surface area (Å²) < 4.78 is 18.9. The van der Waals surface area contributed by atoms with Gasteiger partial charge in [0.05, 0.1) is 28.8 Å². The minimum absolute atomic E-state index is 0.0359. The molecule has 53 heavy (non-hydrogen) atoms. The SMILES string of the molecule is CC(C)c1nc(COC(=O)NC[C@H](C(=O)N[C@H](Cc2ccccc2)[C@@H](O)CN2CCN(Cc3ccc(F)cc3)C[C@@H]2C(=O)NC(C)(C)C)C(C)C)cs1. The predicted molar refractivity (Wildman–Crippen MR) is 206 cm³/mol. The summed E-state index contributed by atoms with van der Waals surface area (Å²) in [5.74, 6) is -1.18. The van der Waals surface area contributed by atoms with Crippen LogP contribution in [0, 0.1) is 17.7 Å². The number of aromatic nitrogens is 1. The number of hydrogen-bond acceptors (Lipinski definition) is 9. The Morgan fingerprint density at radius 2 is 1.72 bits per heavy atom. The minimum atomic E-state index is -1.02. The lowest BCUT2D eigenvalue weighted by molar-refractivity contribution is -0.132. The van der Waals surface area contributed by atoms with E-state index in [9.17, 15) is 23.9 Å². The monoisotopic (exact) mass is 752 g/mol. The number of rotatable bonds is 16. The maximum Gasteiger partial charge on any atom is 0.407 e. The zero-order chi connectivity index (χ0) is 38.7. The van der Waals surface area contributed by atoms with Gasteiger partial charge in [-0.3, -0.25) is 19.4 Å². The maximum absolute atomic E-state index is 13.9. The highest BCUT2D eigenvalue weighted by atomic mass is 32.1. The van der Waals surface area contributed by atoms with E-state index < -0.39 is 35.7 Å². The summed E-state index contributed by atoms with van der Waals surface area (Å²) in [6.45, 7) is 16.1. The van der Waals surface area contributed by atoms with Crippen molar-refractivity contribution in [2.24, 2.45) is 11.8 Å². The fourth-order valence-corrected chi connectivity index (χ4v) is 7.09. The molecule has 3 aromatic rings. The van der Waals surface area contributed by atoms with Gasteiger partial charge in [0.2, 0.25) is 11.8 Å².